The minimum Gasteiger partial charge on any atom is -0.508 e. The molecule has 0 bridgehead atoms. The van der Waals surface area contributed by atoms with Crippen LogP contribution in [0.2, 0.25) is 0 Å². The molecule has 2 heteroatoms. The molecule has 2 rings (SSSR count). The molecule has 2 aromatic rings. The van der Waals surface area contributed by atoms with Gasteiger partial charge in [-0.3, -0.25) is 0 Å². The first-order valence-corrected chi connectivity index (χ1v) is 7.07. The summed E-state index contributed by atoms with van der Waals surface area (Å²) in [5, 5.41) is 20.4. The lowest BCUT2D eigenvalue weighted by molar-refractivity contribution is 0.439. The number of aryl methyl sites for hydroxylation is 1. The summed E-state index contributed by atoms with van der Waals surface area (Å²) in [6.07, 6.45) is 0.885. The highest BCUT2D eigenvalue weighted by Crippen LogP contribution is 2.40. The average Bonchev–Trinajstić information content (AvgIpc) is 2.37. The van der Waals surface area contributed by atoms with E-state index in [4.69, 9.17) is 0 Å². The van der Waals surface area contributed by atoms with E-state index in [2.05, 4.69) is 13.8 Å². The van der Waals surface area contributed by atoms with Crippen molar-refractivity contribution in [3.63, 3.8) is 0 Å². The molecule has 1 atom stereocenters. The smallest absolute Gasteiger partial charge is 0.119 e. The minimum atomic E-state index is 0.0115. The van der Waals surface area contributed by atoms with E-state index < -0.39 is 0 Å². The highest BCUT2D eigenvalue weighted by atomic mass is 16.3. The van der Waals surface area contributed by atoms with Crippen LogP contribution in [-0.4, -0.2) is 10.2 Å². The van der Waals surface area contributed by atoms with E-state index in [-0.39, 0.29) is 5.92 Å². The third-order valence-electron chi connectivity index (χ3n) is 3.67. The van der Waals surface area contributed by atoms with E-state index in [0.29, 0.717) is 17.4 Å². The number of aromatic hydroxyl groups is 2. The molecule has 0 fully saturated rings. The van der Waals surface area contributed by atoms with Crippen molar-refractivity contribution < 1.29 is 10.2 Å². The fourth-order valence-electron chi connectivity index (χ4n) is 2.77. The Hall–Kier alpha value is -1.96. The molecule has 0 aliphatic carbocycles. The summed E-state index contributed by atoms with van der Waals surface area (Å²) in [5.41, 5.74) is 2.85. The van der Waals surface area contributed by atoms with Gasteiger partial charge in [-0.1, -0.05) is 44.2 Å². The van der Waals surface area contributed by atoms with Gasteiger partial charge >= 0.3 is 0 Å². The van der Waals surface area contributed by atoms with Crippen LogP contribution in [0.15, 0.2) is 42.5 Å². The average molecular weight is 270 g/mol. The molecule has 106 valence electrons. The molecule has 0 radical (unpaired) electrons. The number of hydrogen-bond donors (Lipinski definition) is 2. The molecule has 20 heavy (non-hydrogen) atoms. The highest BCUT2D eigenvalue weighted by molar-refractivity contribution is 5.49. The maximum atomic E-state index is 10.2. The standard InChI is InChI=1S/C18H22O2/c1-12(2)11-15(14-8-4-5-9-16(14)19)18-13(3)7-6-10-17(18)20/h4-10,12,15,19-20H,11H2,1-3H3. The normalized spacial score (nSPS) is 12.6. The number of para-hydroxylation sites is 1. The van der Waals surface area contributed by atoms with Crippen LogP contribution >= 0.6 is 0 Å². The summed E-state index contributed by atoms with van der Waals surface area (Å²) in [5.74, 6) is 1.08. The maximum Gasteiger partial charge on any atom is 0.119 e. The van der Waals surface area contributed by atoms with Crippen molar-refractivity contribution in [2.75, 3.05) is 0 Å². The zero-order chi connectivity index (χ0) is 14.7. The zero-order valence-electron chi connectivity index (χ0n) is 12.3. The van der Waals surface area contributed by atoms with Gasteiger partial charge in [0.2, 0.25) is 0 Å². The number of phenolic OH excluding ortho intramolecular Hbond substituents is 2. The molecular formula is C18H22O2. The van der Waals surface area contributed by atoms with Crippen molar-refractivity contribution in [2.24, 2.45) is 5.92 Å². The number of phenols is 2. The second-order valence-corrected chi connectivity index (χ2v) is 5.75. The van der Waals surface area contributed by atoms with E-state index in [1.54, 1.807) is 12.1 Å². The van der Waals surface area contributed by atoms with Gasteiger partial charge in [-0.2, -0.15) is 0 Å². The van der Waals surface area contributed by atoms with Gasteiger partial charge in [0.15, 0.2) is 0 Å². The lowest BCUT2D eigenvalue weighted by atomic mass is 9.82. The zero-order valence-corrected chi connectivity index (χ0v) is 12.3. The molecule has 0 amide bonds. The minimum absolute atomic E-state index is 0.0115. The number of hydrogen-bond acceptors (Lipinski definition) is 2. The predicted molar refractivity (Wildman–Crippen MR) is 82.2 cm³/mol. The Balaban J connectivity index is 2.56. The van der Waals surface area contributed by atoms with Gasteiger partial charge in [-0.25, -0.2) is 0 Å². The van der Waals surface area contributed by atoms with E-state index >= 15 is 0 Å². The molecule has 2 nitrogen and oxygen atoms in total. The van der Waals surface area contributed by atoms with Crippen molar-refractivity contribution in [2.45, 2.75) is 33.1 Å². The van der Waals surface area contributed by atoms with Crippen LogP contribution in [0, 0.1) is 12.8 Å². The maximum absolute atomic E-state index is 10.2. The molecule has 2 aromatic carbocycles. The first-order valence-electron chi connectivity index (χ1n) is 7.07. The molecule has 0 saturated heterocycles. The molecule has 0 spiro atoms. The number of rotatable bonds is 4. The van der Waals surface area contributed by atoms with Crippen LogP contribution in [0.4, 0.5) is 0 Å². The van der Waals surface area contributed by atoms with E-state index in [1.807, 2.05) is 37.3 Å². The van der Waals surface area contributed by atoms with Crippen molar-refractivity contribution in [1.82, 2.24) is 0 Å². The Bertz CT molecular complexity index is 567. The van der Waals surface area contributed by atoms with Crippen molar-refractivity contribution in [1.29, 1.82) is 0 Å². The van der Waals surface area contributed by atoms with Crippen LogP contribution in [-0.2, 0) is 0 Å². The monoisotopic (exact) mass is 270 g/mol. The topological polar surface area (TPSA) is 40.5 Å². The third-order valence-corrected chi connectivity index (χ3v) is 3.67. The SMILES string of the molecule is Cc1cccc(O)c1C(CC(C)C)c1ccccc1O. The Morgan fingerprint density at radius 3 is 2.15 bits per heavy atom. The van der Waals surface area contributed by atoms with Crippen LogP contribution < -0.4 is 0 Å². The Morgan fingerprint density at radius 1 is 0.900 bits per heavy atom. The molecule has 0 aromatic heterocycles. The summed E-state index contributed by atoms with van der Waals surface area (Å²) in [6, 6.07) is 13.0. The van der Waals surface area contributed by atoms with E-state index in [1.165, 1.54) is 0 Å². The molecular weight excluding hydrogens is 248 g/mol. The Morgan fingerprint density at radius 2 is 1.55 bits per heavy atom. The Labute approximate surface area is 120 Å². The molecule has 1 unspecified atom stereocenters. The molecule has 0 heterocycles. The summed E-state index contributed by atoms with van der Waals surface area (Å²) in [6.45, 7) is 6.31. The Kier molecular flexibility index (Phi) is 4.33. The summed E-state index contributed by atoms with van der Waals surface area (Å²) >= 11 is 0. The quantitative estimate of drug-likeness (QED) is 0.853. The van der Waals surface area contributed by atoms with E-state index in [9.17, 15) is 10.2 Å². The summed E-state index contributed by atoms with van der Waals surface area (Å²) in [7, 11) is 0. The van der Waals surface area contributed by atoms with Gasteiger partial charge in [0.1, 0.15) is 11.5 Å². The fraction of sp³-hybridized carbons (Fsp3) is 0.333. The van der Waals surface area contributed by atoms with Crippen LogP contribution in [0.1, 0.15) is 42.9 Å². The second kappa shape index (κ2) is 6.00. The van der Waals surface area contributed by atoms with Crippen LogP contribution in [0.25, 0.3) is 0 Å². The third kappa shape index (κ3) is 2.96. The van der Waals surface area contributed by atoms with Crippen LogP contribution in [0.3, 0.4) is 0 Å². The molecule has 2 N–H and O–H groups in total. The van der Waals surface area contributed by atoms with Crippen molar-refractivity contribution in [3.8, 4) is 11.5 Å². The second-order valence-electron chi connectivity index (χ2n) is 5.75. The lowest BCUT2D eigenvalue weighted by Crippen LogP contribution is -2.07. The first kappa shape index (κ1) is 14.4. The number of benzene rings is 2. The van der Waals surface area contributed by atoms with Gasteiger partial charge in [0.25, 0.3) is 0 Å². The summed E-state index contributed by atoms with van der Waals surface area (Å²) in [4.78, 5) is 0. The van der Waals surface area contributed by atoms with Crippen molar-refractivity contribution >= 4 is 0 Å². The van der Waals surface area contributed by atoms with E-state index in [0.717, 1.165) is 23.1 Å². The van der Waals surface area contributed by atoms with Gasteiger partial charge in [0.05, 0.1) is 0 Å². The van der Waals surface area contributed by atoms with Crippen LogP contribution in [0.5, 0.6) is 11.5 Å². The largest absolute Gasteiger partial charge is 0.508 e. The lowest BCUT2D eigenvalue weighted by Gasteiger charge is -2.23. The van der Waals surface area contributed by atoms with Gasteiger partial charge in [-0.05, 0) is 37.0 Å². The molecule has 0 saturated carbocycles. The molecule has 0 aliphatic rings. The van der Waals surface area contributed by atoms with Gasteiger partial charge in [0, 0.05) is 17.0 Å². The first-order chi connectivity index (χ1) is 9.50. The fourth-order valence-corrected chi connectivity index (χ4v) is 2.77. The molecule has 0 aliphatic heterocycles. The van der Waals surface area contributed by atoms with Gasteiger partial charge in [-0.15, -0.1) is 0 Å². The van der Waals surface area contributed by atoms with Gasteiger partial charge < -0.3 is 10.2 Å². The van der Waals surface area contributed by atoms with Crippen molar-refractivity contribution in [3.05, 3.63) is 59.2 Å². The summed E-state index contributed by atoms with van der Waals surface area (Å²) < 4.78 is 0. The predicted octanol–water partition coefficient (Wildman–Crippen LogP) is 4.58. The highest BCUT2D eigenvalue weighted by Gasteiger charge is 2.23.